The molecule has 26 heavy (non-hydrogen) atoms. The first-order valence-electron chi connectivity index (χ1n) is 8.05. The van der Waals surface area contributed by atoms with Crippen LogP contribution in [-0.4, -0.2) is 29.4 Å². The zero-order chi connectivity index (χ0) is 18.5. The molecule has 1 amide bonds. The average molecular weight is 355 g/mol. The Kier molecular flexibility index (Phi) is 5.17. The van der Waals surface area contributed by atoms with Crippen LogP contribution in [-0.2, 0) is 0 Å². The number of amides is 1. The van der Waals surface area contributed by atoms with E-state index in [1.165, 1.54) is 23.9 Å². The number of hydrogen-bond acceptors (Lipinski definition) is 4. The van der Waals surface area contributed by atoms with E-state index in [4.69, 9.17) is 9.47 Å². The van der Waals surface area contributed by atoms with Crippen molar-refractivity contribution in [3.63, 3.8) is 0 Å². The second-order valence-electron chi connectivity index (χ2n) is 5.35. The smallest absolute Gasteiger partial charge is 0.280 e. The van der Waals surface area contributed by atoms with Gasteiger partial charge in [0.05, 0.1) is 31.3 Å². The van der Waals surface area contributed by atoms with E-state index in [-0.39, 0.29) is 11.5 Å². The van der Waals surface area contributed by atoms with Crippen molar-refractivity contribution in [2.24, 2.45) is 0 Å². The van der Waals surface area contributed by atoms with Gasteiger partial charge in [-0.05, 0) is 43.3 Å². The number of carbonyl (C=O) groups is 1. The van der Waals surface area contributed by atoms with Crippen LogP contribution >= 0.6 is 0 Å². The molecule has 0 bridgehead atoms. The third-order valence-corrected chi connectivity index (χ3v) is 3.64. The van der Waals surface area contributed by atoms with Gasteiger partial charge < -0.3 is 14.8 Å². The first-order valence-corrected chi connectivity index (χ1v) is 8.05. The third kappa shape index (κ3) is 3.66. The molecule has 0 aliphatic carbocycles. The number of halogens is 1. The molecule has 0 aliphatic rings. The summed E-state index contributed by atoms with van der Waals surface area (Å²) in [4.78, 5) is 12.7. The number of methoxy groups -OCH3 is 1. The minimum Gasteiger partial charge on any atom is -0.493 e. The van der Waals surface area contributed by atoms with Gasteiger partial charge in [-0.15, -0.1) is 0 Å². The minimum atomic E-state index is -0.435. The van der Waals surface area contributed by atoms with Crippen molar-refractivity contribution in [1.82, 2.24) is 9.78 Å². The van der Waals surface area contributed by atoms with Crippen LogP contribution < -0.4 is 14.8 Å². The Bertz CT molecular complexity index is 907. The Morgan fingerprint density at radius 3 is 2.58 bits per heavy atom. The van der Waals surface area contributed by atoms with Gasteiger partial charge in [0.15, 0.2) is 11.4 Å². The lowest BCUT2D eigenvalue weighted by Gasteiger charge is -2.10. The number of carbonyl (C=O) groups excluding carboxylic acids is 1. The number of aromatic nitrogens is 2. The highest BCUT2D eigenvalue weighted by Gasteiger charge is 2.19. The molecule has 6 nitrogen and oxygen atoms in total. The summed E-state index contributed by atoms with van der Waals surface area (Å²) < 4.78 is 25.3. The number of rotatable bonds is 6. The van der Waals surface area contributed by atoms with Crippen LogP contribution in [0.4, 0.5) is 10.1 Å². The zero-order valence-corrected chi connectivity index (χ0v) is 14.4. The minimum absolute atomic E-state index is 0.114. The summed E-state index contributed by atoms with van der Waals surface area (Å²) in [6, 6.07) is 12.9. The number of nitrogens with one attached hydrogen (secondary N) is 1. The molecule has 0 unspecified atom stereocenters. The summed E-state index contributed by atoms with van der Waals surface area (Å²) in [5.41, 5.74) is 1.26. The van der Waals surface area contributed by atoms with E-state index < -0.39 is 5.91 Å². The number of benzene rings is 2. The number of hydrogen-bond donors (Lipinski definition) is 1. The molecule has 0 saturated heterocycles. The summed E-state index contributed by atoms with van der Waals surface area (Å²) in [5, 5.41) is 7.05. The quantitative estimate of drug-likeness (QED) is 0.733. The Morgan fingerprint density at radius 1 is 1.15 bits per heavy atom. The van der Waals surface area contributed by atoms with Gasteiger partial charge in [0.2, 0.25) is 0 Å². The van der Waals surface area contributed by atoms with Crippen LogP contribution in [0.2, 0.25) is 0 Å². The Balaban J connectivity index is 1.89. The van der Waals surface area contributed by atoms with Gasteiger partial charge in [-0.2, -0.15) is 5.10 Å². The molecule has 0 saturated carbocycles. The largest absolute Gasteiger partial charge is 0.493 e. The summed E-state index contributed by atoms with van der Waals surface area (Å²) in [5.74, 6) is 0.0919. The van der Waals surface area contributed by atoms with Crippen molar-refractivity contribution in [2.45, 2.75) is 6.92 Å². The molecule has 3 aromatic rings. The second kappa shape index (κ2) is 7.69. The molecule has 1 heterocycles. The fraction of sp³-hybridized carbons (Fsp3) is 0.158. The lowest BCUT2D eigenvalue weighted by molar-refractivity contribution is 0.101. The van der Waals surface area contributed by atoms with E-state index in [1.807, 2.05) is 13.0 Å². The molecule has 0 spiro atoms. The van der Waals surface area contributed by atoms with E-state index in [9.17, 15) is 9.18 Å². The maximum atomic E-state index is 13.1. The molecule has 1 N–H and O–H groups in total. The van der Waals surface area contributed by atoms with Crippen molar-refractivity contribution < 1.29 is 18.7 Å². The van der Waals surface area contributed by atoms with E-state index in [2.05, 4.69) is 10.4 Å². The first-order chi connectivity index (χ1) is 12.6. The summed E-state index contributed by atoms with van der Waals surface area (Å²) in [7, 11) is 1.46. The van der Waals surface area contributed by atoms with Crippen molar-refractivity contribution in [3.8, 4) is 17.2 Å². The molecule has 0 fully saturated rings. The number of ether oxygens (including phenoxy) is 2. The predicted octanol–water partition coefficient (Wildman–Crippen LogP) is 3.67. The Morgan fingerprint density at radius 2 is 1.88 bits per heavy atom. The fourth-order valence-electron chi connectivity index (χ4n) is 2.42. The number of nitrogens with zero attached hydrogens (tertiary/aromatic N) is 2. The highest BCUT2D eigenvalue weighted by atomic mass is 19.1. The first kappa shape index (κ1) is 17.5. The summed E-state index contributed by atoms with van der Waals surface area (Å²) >= 11 is 0. The zero-order valence-electron chi connectivity index (χ0n) is 14.4. The van der Waals surface area contributed by atoms with Gasteiger partial charge in [-0.1, -0.05) is 12.1 Å². The normalized spacial score (nSPS) is 10.4. The number of anilines is 1. The molecule has 0 aliphatic heterocycles. The third-order valence-electron chi connectivity index (χ3n) is 3.64. The van der Waals surface area contributed by atoms with Crippen LogP contribution in [0.25, 0.3) is 5.69 Å². The monoisotopic (exact) mass is 355 g/mol. The van der Waals surface area contributed by atoms with Gasteiger partial charge in [0, 0.05) is 0 Å². The lowest BCUT2D eigenvalue weighted by atomic mass is 10.2. The molecular formula is C19H18FN3O3. The molecular weight excluding hydrogens is 337 g/mol. The van der Waals surface area contributed by atoms with Crippen molar-refractivity contribution in [3.05, 3.63) is 66.2 Å². The van der Waals surface area contributed by atoms with Gasteiger partial charge in [-0.25, -0.2) is 9.07 Å². The molecule has 134 valence electrons. The average Bonchev–Trinajstić information content (AvgIpc) is 3.09. The highest BCUT2D eigenvalue weighted by Crippen LogP contribution is 2.26. The van der Waals surface area contributed by atoms with Gasteiger partial charge in [0.25, 0.3) is 5.91 Å². The van der Waals surface area contributed by atoms with Gasteiger partial charge >= 0.3 is 0 Å². The van der Waals surface area contributed by atoms with E-state index in [1.54, 1.807) is 36.5 Å². The summed E-state index contributed by atoms with van der Waals surface area (Å²) in [6.07, 6.45) is 1.57. The Labute approximate surface area is 150 Å². The van der Waals surface area contributed by atoms with Crippen molar-refractivity contribution in [1.29, 1.82) is 0 Å². The topological polar surface area (TPSA) is 65.4 Å². The molecule has 1 aromatic heterocycles. The Hall–Kier alpha value is -3.35. The maximum absolute atomic E-state index is 13.1. The molecule has 2 aromatic carbocycles. The summed E-state index contributed by atoms with van der Waals surface area (Å²) in [6.45, 7) is 2.35. The molecule has 0 radical (unpaired) electrons. The van der Waals surface area contributed by atoms with E-state index >= 15 is 0 Å². The van der Waals surface area contributed by atoms with Crippen LogP contribution in [0.5, 0.6) is 11.5 Å². The van der Waals surface area contributed by atoms with Crippen LogP contribution in [0.1, 0.15) is 17.4 Å². The van der Waals surface area contributed by atoms with Gasteiger partial charge in [0.1, 0.15) is 11.6 Å². The van der Waals surface area contributed by atoms with Crippen LogP contribution in [0, 0.1) is 5.82 Å². The predicted molar refractivity (Wildman–Crippen MR) is 95.6 cm³/mol. The second-order valence-corrected chi connectivity index (χ2v) is 5.35. The molecule has 3 rings (SSSR count). The number of para-hydroxylation sites is 2. The SMILES string of the molecule is CCOc1ccccc1NC(=O)c1nn(-c2ccc(F)cc2)cc1OC. The van der Waals surface area contributed by atoms with E-state index in [0.29, 0.717) is 29.5 Å². The standard InChI is InChI=1S/C19H18FN3O3/c1-3-26-16-7-5-4-6-15(16)21-19(24)18-17(25-2)12-23(22-18)14-10-8-13(20)9-11-14/h4-12H,3H2,1-2H3,(H,21,24). The van der Waals surface area contributed by atoms with Gasteiger partial charge in [-0.3, -0.25) is 4.79 Å². The van der Waals surface area contributed by atoms with Crippen molar-refractivity contribution >= 4 is 11.6 Å². The highest BCUT2D eigenvalue weighted by molar-refractivity contribution is 6.05. The van der Waals surface area contributed by atoms with Crippen LogP contribution in [0.3, 0.4) is 0 Å². The lowest BCUT2D eigenvalue weighted by Crippen LogP contribution is -2.15. The molecule has 7 heteroatoms. The van der Waals surface area contributed by atoms with Crippen LogP contribution in [0.15, 0.2) is 54.7 Å². The fourth-order valence-corrected chi connectivity index (χ4v) is 2.42. The van der Waals surface area contributed by atoms with E-state index in [0.717, 1.165) is 0 Å². The van der Waals surface area contributed by atoms with Crippen molar-refractivity contribution in [2.75, 3.05) is 19.0 Å². The molecule has 0 atom stereocenters. The maximum Gasteiger partial charge on any atom is 0.280 e.